The molecule has 1 fully saturated rings. The van der Waals surface area contributed by atoms with Crippen LogP contribution in [0.5, 0.6) is 0 Å². The zero-order chi connectivity index (χ0) is 11.4. The van der Waals surface area contributed by atoms with Crippen molar-refractivity contribution in [3.8, 4) is 0 Å². The van der Waals surface area contributed by atoms with Crippen LogP contribution in [0.1, 0.15) is 19.8 Å². The summed E-state index contributed by atoms with van der Waals surface area (Å²) >= 11 is 0. The second-order valence-corrected chi connectivity index (χ2v) is 3.90. The SMILES string of the molecule is CCOC(=O)/C=C1/C=C2COCC2=CCC1. The van der Waals surface area contributed by atoms with E-state index < -0.39 is 0 Å². The van der Waals surface area contributed by atoms with E-state index in [2.05, 4.69) is 12.2 Å². The molecule has 0 N–H and O–H groups in total. The first kappa shape index (κ1) is 11.1. The van der Waals surface area contributed by atoms with Gasteiger partial charge in [0.15, 0.2) is 0 Å². The predicted octanol–water partition coefficient (Wildman–Crippen LogP) is 2.15. The van der Waals surface area contributed by atoms with Crippen LogP contribution in [0.15, 0.2) is 34.9 Å². The number of ether oxygens (including phenoxy) is 2. The highest BCUT2D eigenvalue weighted by Crippen LogP contribution is 2.26. The van der Waals surface area contributed by atoms with E-state index in [1.54, 1.807) is 6.08 Å². The second kappa shape index (κ2) is 5.12. The van der Waals surface area contributed by atoms with Crippen molar-refractivity contribution in [3.05, 3.63) is 34.9 Å². The summed E-state index contributed by atoms with van der Waals surface area (Å²) < 4.78 is 10.3. The molecule has 0 atom stereocenters. The average molecular weight is 220 g/mol. The van der Waals surface area contributed by atoms with Crippen molar-refractivity contribution in [2.24, 2.45) is 0 Å². The third-order valence-electron chi connectivity index (χ3n) is 2.70. The zero-order valence-corrected chi connectivity index (χ0v) is 9.49. The highest BCUT2D eigenvalue weighted by Gasteiger charge is 2.16. The van der Waals surface area contributed by atoms with Gasteiger partial charge in [0.1, 0.15) is 0 Å². The number of carbonyl (C=O) groups is 1. The van der Waals surface area contributed by atoms with Crippen LogP contribution in [0.2, 0.25) is 0 Å². The Morgan fingerprint density at radius 3 is 3.12 bits per heavy atom. The minimum Gasteiger partial charge on any atom is -0.463 e. The van der Waals surface area contributed by atoms with Crippen LogP contribution in [0.4, 0.5) is 0 Å². The summed E-state index contributed by atoms with van der Waals surface area (Å²) in [5.74, 6) is -0.253. The molecule has 3 heteroatoms. The van der Waals surface area contributed by atoms with Crippen LogP contribution in [0.3, 0.4) is 0 Å². The molecular formula is C13H16O3. The molecule has 1 saturated heterocycles. The number of fused-ring (bicyclic) bond motifs is 1. The fraction of sp³-hybridized carbons (Fsp3) is 0.462. The molecule has 0 bridgehead atoms. The molecule has 0 aromatic heterocycles. The predicted molar refractivity (Wildman–Crippen MR) is 60.9 cm³/mol. The normalized spacial score (nSPS) is 22.2. The molecular weight excluding hydrogens is 204 g/mol. The number of rotatable bonds is 2. The van der Waals surface area contributed by atoms with Gasteiger partial charge in [-0.3, -0.25) is 0 Å². The second-order valence-electron chi connectivity index (χ2n) is 3.90. The zero-order valence-electron chi connectivity index (χ0n) is 9.49. The first-order chi connectivity index (χ1) is 7.79. The van der Waals surface area contributed by atoms with Gasteiger partial charge < -0.3 is 9.47 Å². The van der Waals surface area contributed by atoms with Crippen molar-refractivity contribution in [2.75, 3.05) is 19.8 Å². The lowest BCUT2D eigenvalue weighted by Crippen LogP contribution is -2.00. The molecule has 0 aromatic rings. The Balaban J connectivity index is 2.13. The monoisotopic (exact) mass is 220 g/mol. The molecule has 0 aromatic carbocycles. The summed E-state index contributed by atoms with van der Waals surface area (Å²) in [7, 11) is 0. The third kappa shape index (κ3) is 2.61. The Bertz CT molecular complexity index is 375. The molecule has 0 spiro atoms. The quantitative estimate of drug-likeness (QED) is 0.528. The number of hydrogen-bond acceptors (Lipinski definition) is 3. The molecule has 1 aliphatic carbocycles. The first-order valence-electron chi connectivity index (χ1n) is 5.64. The molecule has 16 heavy (non-hydrogen) atoms. The molecule has 0 saturated carbocycles. The van der Waals surface area contributed by atoms with E-state index in [0.717, 1.165) is 18.4 Å². The minimum atomic E-state index is -0.253. The number of hydrogen-bond donors (Lipinski definition) is 0. The van der Waals surface area contributed by atoms with E-state index in [9.17, 15) is 4.79 Å². The lowest BCUT2D eigenvalue weighted by molar-refractivity contribution is -0.137. The lowest BCUT2D eigenvalue weighted by atomic mass is 10.1. The van der Waals surface area contributed by atoms with Crippen LogP contribution in [-0.4, -0.2) is 25.8 Å². The van der Waals surface area contributed by atoms with E-state index in [1.165, 1.54) is 11.1 Å². The van der Waals surface area contributed by atoms with E-state index >= 15 is 0 Å². The van der Waals surface area contributed by atoms with E-state index in [1.807, 2.05) is 6.92 Å². The fourth-order valence-electron chi connectivity index (χ4n) is 1.94. The molecule has 0 unspecified atom stereocenters. The average Bonchev–Trinajstić information content (AvgIpc) is 2.58. The summed E-state index contributed by atoms with van der Waals surface area (Å²) in [4.78, 5) is 11.3. The first-order valence-corrected chi connectivity index (χ1v) is 5.64. The molecule has 1 heterocycles. The standard InChI is InChI=1S/C13H16O3/c1-2-16-13(14)7-10-4-3-5-11-8-15-9-12(11)6-10/h5-7H,2-4,8-9H2,1H3/b10-7+. The van der Waals surface area contributed by atoms with Crippen LogP contribution < -0.4 is 0 Å². The van der Waals surface area contributed by atoms with Gasteiger partial charge in [-0.15, -0.1) is 0 Å². The maximum Gasteiger partial charge on any atom is 0.331 e. The van der Waals surface area contributed by atoms with Gasteiger partial charge in [-0.1, -0.05) is 12.2 Å². The Morgan fingerprint density at radius 1 is 1.50 bits per heavy atom. The van der Waals surface area contributed by atoms with Crippen molar-refractivity contribution in [1.29, 1.82) is 0 Å². The van der Waals surface area contributed by atoms with Crippen molar-refractivity contribution in [3.63, 3.8) is 0 Å². The van der Waals surface area contributed by atoms with Crippen LogP contribution in [0, 0.1) is 0 Å². The van der Waals surface area contributed by atoms with Crippen molar-refractivity contribution in [2.45, 2.75) is 19.8 Å². The number of carbonyl (C=O) groups excluding carboxylic acids is 1. The number of esters is 1. The smallest absolute Gasteiger partial charge is 0.331 e. The maximum atomic E-state index is 11.3. The fourth-order valence-corrected chi connectivity index (χ4v) is 1.94. The maximum absolute atomic E-state index is 11.3. The van der Waals surface area contributed by atoms with Gasteiger partial charge in [-0.2, -0.15) is 0 Å². The molecule has 2 aliphatic rings. The summed E-state index contributed by atoms with van der Waals surface area (Å²) in [6, 6.07) is 0. The van der Waals surface area contributed by atoms with Gasteiger partial charge >= 0.3 is 5.97 Å². The van der Waals surface area contributed by atoms with E-state index in [4.69, 9.17) is 9.47 Å². The van der Waals surface area contributed by atoms with Crippen molar-refractivity contribution < 1.29 is 14.3 Å². The van der Waals surface area contributed by atoms with Crippen LogP contribution in [0.25, 0.3) is 0 Å². The van der Waals surface area contributed by atoms with Crippen molar-refractivity contribution in [1.82, 2.24) is 0 Å². The third-order valence-corrected chi connectivity index (χ3v) is 2.70. The van der Waals surface area contributed by atoms with Crippen LogP contribution in [-0.2, 0) is 14.3 Å². The highest BCUT2D eigenvalue weighted by molar-refractivity contribution is 5.83. The molecule has 1 aliphatic heterocycles. The minimum absolute atomic E-state index is 0.253. The molecule has 3 nitrogen and oxygen atoms in total. The van der Waals surface area contributed by atoms with Crippen molar-refractivity contribution >= 4 is 5.97 Å². The highest BCUT2D eigenvalue weighted by atomic mass is 16.5. The van der Waals surface area contributed by atoms with Gasteiger partial charge in [0.2, 0.25) is 0 Å². The largest absolute Gasteiger partial charge is 0.463 e. The van der Waals surface area contributed by atoms with E-state index in [0.29, 0.717) is 19.8 Å². The Morgan fingerprint density at radius 2 is 2.31 bits per heavy atom. The van der Waals surface area contributed by atoms with Gasteiger partial charge in [-0.25, -0.2) is 4.79 Å². The van der Waals surface area contributed by atoms with Crippen LogP contribution >= 0.6 is 0 Å². The van der Waals surface area contributed by atoms with Gasteiger partial charge in [0.05, 0.1) is 19.8 Å². The van der Waals surface area contributed by atoms with Gasteiger partial charge in [0, 0.05) is 6.08 Å². The lowest BCUT2D eigenvalue weighted by Gasteiger charge is -2.00. The van der Waals surface area contributed by atoms with Gasteiger partial charge in [-0.05, 0) is 36.5 Å². The molecule has 0 radical (unpaired) electrons. The molecule has 86 valence electrons. The Hall–Kier alpha value is -1.35. The summed E-state index contributed by atoms with van der Waals surface area (Å²) in [5, 5.41) is 0. The van der Waals surface area contributed by atoms with Gasteiger partial charge in [0.25, 0.3) is 0 Å². The van der Waals surface area contributed by atoms with E-state index in [-0.39, 0.29) is 5.97 Å². The number of allylic oxidation sites excluding steroid dienone is 3. The summed E-state index contributed by atoms with van der Waals surface area (Å²) in [6.07, 6.45) is 7.70. The summed E-state index contributed by atoms with van der Waals surface area (Å²) in [6.45, 7) is 3.60. The Kier molecular flexibility index (Phi) is 3.57. The topological polar surface area (TPSA) is 35.5 Å². The Labute approximate surface area is 95.4 Å². The molecule has 0 amide bonds. The summed E-state index contributed by atoms with van der Waals surface area (Å²) in [5.41, 5.74) is 3.51. The molecule has 2 rings (SSSR count).